The average molecular weight is 513 g/mol. The van der Waals surface area contributed by atoms with Crippen molar-refractivity contribution in [2.75, 3.05) is 43.4 Å². The number of hydrogen-bond acceptors (Lipinski definition) is 9. The number of anilines is 3. The highest BCUT2D eigenvalue weighted by Crippen LogP contribution is 2.34. The maximum absolute atomic E-state index is 12.9. The molecule has 3 fully saturated rings. The van der Waals surface area contributed by atoms with E-state index in [4.69, 9.17) is 9.97 Å². The van der Waals surface area contributed by atoms with Crippen LogP contribution in [-0.4, -0.2) is 81.0 Å². The van der Waals surface area contributed by atoms with Gasteiger partial charge in [0.2, 0.25) is 0 Å². The van der Waals surface area contributed by atoms with Crippen molar-refractivity contribution in [3.05, 3.63) is 54.5 Å². The maximum atomic E-state index is 12.9. The molecule has 2 bridgehead atoms. The van der Waals surface area contributed by atoms with Crippen LogP contribution in [0.3, 0.4) is 0 Å². The molecule has 3 aliphatic heterocycles. The Hall–Kier alpha value is -3.63. The lowest BCUT2D eigenvalue weighted by atomic mass is 10.1. The fourth-order valence-corrected chi connectivity index (χ4v) is 6.66. The Labute approximate surface area is 219 Å². The number of pyridine rings is 1. The summed E-state index contributed by atoms with van der Waals surface area (Å²) >= 11 is 1.58. The maximum Gasteiger partial charge on any atom is 0.253 e. The van der Waals surface area contributed by atoms with E-state index < -0.39 is 0 Å². The number of aromatic nitrogens is 4. The molecular formula is C27H28N8OS. The van der Waals surface area contributed by atoms with Crippen LogP contribution in [0.25, 0.3) is 20.8 Å². The van der Waals surface area contributed by atoms with Crippen molar-refractivity contribution in [2.45, 2.75) is 31.3 Å². The van der Waals surface area contributed by atoms with E-state index in [0.29, 0.717) is 23.7 Å². The Morgan fingerprint density at radius 3 is 2.73 bits per heavy atom. The van der Waals surface area contributed by atoms with Crippen LogP contribution < -0.4 is 10.2 Å². The van der Waals surface area contributed by atoms with Crippen molar-refractivity contribution >= 4 is 44.9 Å². The minimum atomic E-state index is 0.103. The number of nitrogens with zero attached hydrogens (tertiary/aromatic N) is 7. The molecule has 2 atom stereocenters. The summed E-state index contributed by atoms with van der Waals surface area (Å²) < 4.78 is 0.994. The summed E-state index contributed by atoms with van der Waals surface area (Å²) in [5.74, 6) is 2.36. The fourth-order valence-electron chi connectivity index (χ4n) is 5.75. The Kier molecular flexibility index (Phi) is 5.51. The number of rotatable bonds is 5. The van der Waals surface area contributed by atoms with Crippen LogP contribution in [0.4, 0.5) is 17.5 Å². The van der Waals surface area contributed by atoms with Crippen LogP contribution >= 0.6 is 11.3 Å². The Bertz CT molecular complexity index is 1480. The third-order valence-electron chi connectivity index (χ3n) is 7.71. The highest BCUT2D eigenvalue weighted by molar-refractivity contribution is 7.21. The van der Waals surface area contributed by atoms with Gasteiger partial charge in [-0.2, -0.15) is 0 Å². The topological polar surface area (TPSA) is 90.4 Å². The van der Waals surface area contributed by atoms with Gasteiger partial charge in [-0.1, -0.05) is 12.1 Å². The van der Waals surface area contributed by atoms with Gasteiger partial charge in [0.1, 0.15) is 16.6 Å². The Morgan fingerprint density at radius 2 is 1.92 bits per heavy atom. The lowest BCUT2D eigenvalue weighted by Crippen LogP contribution is -2.44. The second-order valence-corrected chi connectivity index (χ2v) is 11.2. The van der Waals surface area contributed by atoms with E-state index in [1.165, 1.54) is 6.42 Å². The van der Waals surface area contributed by atoms with E-state index >= 15 is 0 Å². The van der Waals surface area contributed by atoms with Crippen molar-refractivity contribution in [2.24, 2.45) is 0 Å². The summed E-state index contributed by atoms with van der Waals surface area (Å²) in [7, 11) is 2.20. The van der Waals surface area contributed by atoms with Crippen LogP contribution in [0, 0.1) is 0 Å². The number of thiazole rings is 1. The average Bonchev–Trinajstić information content (AvgIpc) is 3.72. The smallest absolute Gasteiger partial charge is 0.253 e. The molecule has 0 spiro atoms. The molecule has 37 heavy (non-hydrogen) atoms. The van der Waals surface area contributed by atoms with Gasteiger partial charge in [-0.3, -0.25) is 14.7 Å². The molecule has 1 N–H and O–H groups in total. The van der Waals surface area contributed by atoms with Crippen molar-refractivity contribution < 1.29 is 4.79 Å². The summed E-state index contributed by atoms with van der Waals surface area (Å²) in [6, 6.07) is 10.8. The molecule has 6 heterocycles. The predicted octanol–water partition coefficient (Wildman–Crippen LogP) is 4.02. The van der Waals surface area contributed by atoms with Gasteiger partial charge < -0.3 is 15.1 Å². The fraction of sp³-hybridized carbons (Fsp3) is 0.370. The van der Waals surface area contributed by atoms with E-state index in [9.17, 15) is 4.79 Å². The molecule has 0 unspecified atom stereocenters. The lowest BCUT2D eigenvalue weighted by molar-refractivity contribution is 0.0793. The van der Waals surface area contributed by atoms with Crippen LogP contribution in [-0.2, 0) is 0 Å². The first kappa shape index (κ1) is 22.6. The number of likely N-dealkylation sites (N-methyl/N-ethyl adjacent to an activating group) is 1. The molecular weight excluding hydrogens is 484 g/mol. The molecule has 1 aromatic carbocycles. The van der Waals surface area contributed by atoms with Crippen LogP contribution in [0.2, 0.25) is 0 Å². The van der Waals surface area contributed by atoms with E-state index in [1.54, 1.807) is 17.5 Å². The van der Waals surface area contributed by atoms with Gasteiger partial charge in [-0.15, -0.1) is 11.3 Å². The first-order valence-corrected chi connectivity index (χ1v) is 13.6. The predicted molar refractivity (Wildman–Crippen MR) is 145 cm³/mol. The minimum absolute atomic E-state index is 0.103. The zero-order valence-electron chi connectivity index (χ0n) is 20.7. The first-order valence-electron chi connectivity index (χ1n) is 12.8. The van der Waals surface area contributed by atoms with Gasteiger partial charge in [-0.05, 0) is 38.4 Å². The molecule has 0 aliphatic carbocycles. The number of hydrogen-bond donors (Lipinski definition) is 1. The van der Waals surface area contributed by atoms with E-state index in [1.807, 2.05) is 47.6 Å². The van der Waals surface area contributed by atoms with Crippen molar-refractivity contribution in [1.82, 2.24) is 29.7 Å². The van der Waals surface area contributed by atoms with Gasteiger partial charge in [0, 0.05) is 61.7 Å². The second-order valence-electron chi connectivity index (χ2n) is 10.2. The number of nitrogens with one attached hydrogen (secondary N) is 1. The molecule has 0 saturated carbocycles. The normalized spacial score (nSPS) is 21.3. The molecule has 188 valence electrons. The van der Waals surface area contributed by atoms with Crippen molar-refractivity contribution in [1.29, 1.82) is 0 Å². The Balaban J connectivity index is 1.11. The Morgan fingerprint density at radius 1 is 1.03 bits per heavy atom. The number of likely N-dealkylation sites (tertiary alicyclic amines) is 2. The summed E-state index contributed by atoms with van der Waals surface area (Å²) in [5.41, 5.74) is 2.53. The molecule has 9 nitrogen and oxygen atoms in total. The zero-order chi connectivity index (χ0) is 24.9. The monoisotopic (exact) mass is 512 g/mol. The molecule has 3 aliphatic rings. The van der Waals surface area contributed by atoms with Crippen molar-refractivity contribution in [3.8, 4) is 10.6 Å². The molecule has 3 aromatic heterocycles. The van der Waals surface area contributed by atoms with Gasteiger partial charge >= 0.3 is 0 Å². The molecule has 1 amide bonds. The highest BCUT2D eigenvalue weighted by Gasteiger charge is 2.42. The van der Waals surface area contributed by atoms with Crippen LogP contribution in [0.1, 0.15) is 29.6 Å². The number of carbonyl (C=O) groups excluding carboxylic acids is 1. The number of amides is 1. The van der Waals surface area contributed by atoms with Crippen LogP contribution in [0.15, 0.2) is 48.9 Å². The van der Waals surface area contributed by atoms with E-state index in [0.717, 1.165) is 71.2 Å². The minimum Gasteiger partial charge on any atom is -0.349 e. The zero-order valence-corrected chi connectivity index (χ0v) is 21.5. The van der Waals surface area contributed by atoms with Gasteiger partial charge in [0.05, 0.1) is 22.6 Å². The third-order valence-corrected chi connectivity index (χ3v) is 8.77. The molecule has 0 radical (unpaired) electrons. The molecule has 4 aromatic rings. The number of piperazine rings is 1. The summed E-state index contributed by atoms with van der Waals surface area (Å²) in [5, 5.41) is 4.19. The van der Waals surface area contributed by atoms with Crippen LogP contribution in [0.5, 0.6) is 0 Å². The molecule has 3 saturated heterocycles. The number of benzene rings is 1. The van der Waals surface area contributed by atoms with Gasteiger partial charge in [0.15, 0.2) is 5.82 Å². The van der Waals surface area contributed by atoms with E-state index in [2.05, 4.69) is 32.1 Å². The quantitative estimate of drug-likeness (QED) is 0.429. The largest absolute Gasteiger partial charge is 0.349 e. The standard InChI is InChI=1S/C27H28N8OS/c1-33-15-20-10-19(33)16-35(20)25-14-28-13-24(32-25)31-23-11-21-22(12-29-23)37-26(30-21)17-5-4-6-18(9-17)27(36)34-7-2-3-8-34/h4-6,9,11-14,19-20H,2-3,7-8,10,15-16H2,1H3,(H,29,31,32)/t19-,20-/m0/s1. The summed E-state index contributed by atoms with van der Waals surface area (Å²) in [4.78, 5) is 38.3. The van der Waals surface area contributed by atoms with Gasteiger partial charge in [-0.25, -0.2) is 15.0 Å². The van der Waals surface area contributed by atoms with Gasteiger partial charge in [0.25, 0.3) is 5.91 Å². The highest BCUT2D eigenvalue weighted by atomic mass is 32.1. The first-order chi connectivity index (χ1) is 18.1. The second kappa shape index (κ2) is 9.04. The molecule has 7 rings (SSSR count). The number of fused-ring (bicyclic) bond motifs is 3. The molecule has 10 heteroatoms. The third kappa shape index (κ3) is 4.19. The van der Waals surface area contributed by atoms with Crippen molar-refractivity contribution in [3.63, 3.8) is 0 Å². The summed E-state index contributed by atoms with van der Waals surface area (Å²) in [6.45, 7) is 3.75. The lowest BCUT2D eigenvalue weighted by Gasteiger charge is -2.32. The summed E-state index contributed by atoms with van der Waals surface area (Å²) in [6.07, 6.45) is 8.77. The SMILES string of the molecule is CN1C[C@@H]2C[C@H]1CN2c1cncc(Nc2cc3nc(-c4cccc(C(=O)N5CCCC5)c4)sc3cn2)n1. The number of carbonyl (C=O) groups is 1. The van der Waals surface area contributed by atoms with E-state index in [-0.39, 0.29) is 5.91 Å².